The zero-order valence-corrected chi connectivity index (χ0v) is 14.8. The monoisotopic (exact) mass is 412 g/mol. The summed E-state index contributed by atoms with van der Waals surface area (Å²) in [6.45, 7) is 0. The summed E-state index contributed by atoms with van der Waals surface area (Å²) < 4.78 is 6.42. The molecule has 0 radical (unpaired) electrons. The van der Waals surface area contributed by atoms with Crippen molar-refractivity contribution in [2.24, 2.45) is 0 Å². The van der Waals surface area contributed by atoms with E-state index in [9.17, 15) is 4.79 Å². The van der Waals surface area contributed by atoms with E-state index in [4.69, 9.17) is 16.0 Å². The highest BCUT2D eigenvalue weighted by Crippen LogP contribution is 2.24. The first-order valence-electron chi connectivity index (χ1n) is 6.40. The molecule has 118 valence electrons. The zero-order chi connectivity index (χ0) is 15.5. The van der Waals surface area contributed by atoms with Gasteiger partial charge in [0.05, 0.1) is 0 Å². The van der Waals surface area contributed by atoms with Gasteiger partial charge in [-0.15, -0.1) is 12.4 Å². The van der Waals surface area contributed by atoms with Crippen molar-refractivity contribution in [3.63, 3.8) is 0 Å². The number of nitrogens with zero attached hydrogens (tertiary/aromatic N) is 1. The molecule has 0 saturated carbocycles. The molecule has 0 aliphatic rings. The third kappa shape index (κ3) is 4.34. The highest BCUT2D eigenvalue weighted by atomic mass is 79.9. The number of furan rings is 1. The van der Waals surface area contributed by atoms with Crippen molar-refractivity contribution in [1.29, 1.82) is 0 Å². The molecule has 0 unspecified atom stereocenters. The number of carbonyl (C=O) groups excluding carboxylic acids is 1. The normalized spacial score (nSPS) is 10.0. The summed E-state index contributed by atoms with van der Waals surface area (Å²) >= 11 is 9.14. The molecule has 7 heteroatoms. The Morgan fingerprint density at radius 3 is 2.48 bits per heavy atom. The van der Waals surface area contributed by atoms with Gasteiger partial charge < -0.3 is 9.73 Å². The van der Waals surface area contributed by atoms with Gasteiger partial charge in [-0.05, 0) is 64.5 Å². The number of anilines is 1. The lowest BCUT2D eigenvalue weighted by molar-refractivity contribution is 0.0997. The first-order valence-corrected chi connectivity index (χ1v) is 7.57. The van der Waals surface area contributed by atoms with Gasteiger partial charge in [-0.1, -0.05) is 11.6 Å². The molecule has 2 heterocycles. The molecule has 0 aliphatic carbocycles. The molecule has 0 bridgehead atoms. The van der Waals surface area contributed by atoms with E-state index in [1.54, 1.807) is 42.6 Å². The minimum atomic E-state index is -0.352. The standard InChI is InChI=1S/C16H10BrClN2O2.ClH/c17-11-3-8-15(19-9-11)20-16(21)14-7-6-13(22-14)10-1-4-12(18)5-2-10;/h1-9H,(H,19,20,21);1H. The Kier molecular flexibility index (Phi) is 5.82. The molecule has 1 amide bonds. The molecule has 3 rings (SSSR count). The van der Waals surface area contributed by atoms with Gasteiger partial charge >= 0.3 is 0 Å². The van der Waals surface area contributed by atoms with E-state index in [2.05, 4.69) is 26.2 Å². The van der Waals surface area contributed by atoms with E-state index < -0.39 is 0 Å². The second-order valence-corrected chi connectivity index (χ2v) is 5.84. The Labute approximate surface area is 152 Å². The number of hydrogen-bond donors (Lipinski definition) is 1. The van der Waals surface area contributed by atoms with E-state index in [-0.39, 0.29) is 24.1 Å². The van der Waals surface area contributed by atoms with E-state index >= 15 is 0 Å². The van der Waals surface area contributed by atoms with Crippen molar-refractivity contribution in [3.05, 3.63) is 70.0 Å². The summed E-state index contributed by atoms with van der Waals surface area (Å²) in [5.41, 5.74) is 0.852. The minimum Gasteiger partial charge on any atom is -0.451 e. The van der Waals surface area contributed by atoms with Crippen molar-refractivity contribution in [2.45, 2.75) is 0 Å². The highest BCUT2D eigenvalue weighted by Gasteiger charge is 2.13. The third-order valence-corrected chi connectivity index (χ3v) is 3.65. The molecule has 0 saturated heterocycles. The van der Waals surface area contributed by atoms with Crippen LogP contribution in [0.25, 0.3) is 11.3 Å². The second-order valence-electron chi connectivity index (χ2n) is 4.49. The van der Waals surface area contributed by atoms with Crippen LogP contribution in [0.2, 0.25) is 5.02 Å². The summed E-state index contributed by atoms with van der Waals surface area (Å²) in [6.07, 6.45) is 1.61. The predicted octanol–water partition coefficient (Wildman–Crippen LogP) is 5.43. The van der Waals surface area contributed by atoms with E-state index in [1.807, 2.05) is 12.1 Å². The van der Waals surface area contributed by atoms with Gasteiger partial charge in [-0.25, -0.2) is 4.98 Å². The average molecular weight is 414 g/mol. The van der Waals surface area contributed by atoms with Crippen LogP contribution in [-0.2, 0) is 0 Å². The fraction of sp³-hybridized carbons (Fsp3) is 0. The van der Waals surface area contributed by atoms with Crippen LogP contribution in [0.5, 0.6) is 0 Å². The Morgan fingerprint density at radius 2 is 1.83 bits per heavy atom. The van der Waals surface area contributed by atoms with Crippen LogP contribution in [0.1, 0.15) is 10.6 Å². The molecule has 0 spiro atoms. The molecule has 23 heavy (non-hydrogen) atoms. The largest absolute Gasteiger partial charge is 0.451 e. The van der Waals surface area contributed by atoms with Crippen molar-refractivity contribution in [2.75, 3.05) is 5.32 Å². The van der Waals surface area contributed by atoms with Crippen LogP contribution in [-0.4, -0.2) is 10.9 Å². The fourth-order valence-electron chi connectivity index (χ4n) is 1.86. The maximum absolute atomic E-state index is 12.1. The third-order valence-electron chi connectivity index (χ3n) is 2.93. The van der Waals surface area contributed by atoms with E-state index in [0.29, 0.717) is 16.6 Å². The summed E-state index contributed by atoms with van der Waals surface area (Å²) in [6, 6.07) is 14.1. The number of hydrogen-bond acceptors (Lipinski definition) is 3. The number of halogens is 3. The predicted molar refractivity (Wildman–Crippen MR) is 96.3 cm³/mol. The Bertz CT molecular complexity index is 802. The molecule has 4 nitrogen and oxygen atoms in total. The molecular formula is C16H11BrCl2N2O2. The molecular weight excluding hydrogens is 403 g/mol. The maximum atomic E-state index is 12.1. The van der Waals surface area contributed by atoms with Crippen molar-refractivity contribution in [1.82, 2.24) is 4.98 Å². The van der Waals surface area contributed by atoms with Crippen molar-refractivity contribution in [3.8, 4) is 11.3 Å². The molecule has 2 aromatic heterocycles. The Morgan fingerprint density at radius 1 is 1.09 bits per heavy atom. The number of rotatable bonds is 3. The van der Waals surface area contributed by atoms with Gasteiger partial charge in [0.2, 0.25) is 0 Å². The van der Waals surface area contributed by atoms with Gasteiger partial charge in [0, 0.05) is 21.3 Å². The molecule has 1 N–H and O–H groups in total. The van der Waals surface area contributed by atoms with Crippen molar-refractivity contribution < 1.29 is 9.21 Å². The minimum absolute atomic E-state index is 0. The Hall–Kier alpha value is -1.82. The molecule has 0 atom stereocenters. The van der Waals surface area contributed by atoms with Gasteiger partial charge in [-0.3, -0.25) is 4.79 Å². The van der Waals surface area contributed by atoms with Gasteiger partial charge in [0.1, 0.15) is 11.6 Å². The van der Waals surface area contributed by atoms with Crippen LogP contribution in [0.4, 0.5) is 5.82 Å². The topological polar surface area (TPSA) is 55.1 Å². The Balaban J connectivity index is 0.00000192. The fourth-order valence-corrected chi connectivity index (χ4v) is 2.22. The second kappa shape index (κ2) is 7.64. The summed E-state index contributed by atoms with van der Waals surface area (Å²) in [5.74, 6) is 0.924. The smallest absolute Gasteiger partial charge is 0.292 e. The van der Waals surface area contributed by atoms with E-state index in [0.717, 1.165) is 10.0 Å². The quantitative estimate of drug-likeness (QED) is 0.622. The van der Waals surface area contributed by atoms with Crippen molar-refractivity contribution >= 4 is 51.7 Å². The zero-order valence-electron chi connectivity index (χ0n) is 11.6. The van der Waals surface area contributed by atoms with Gasteiger partial charge in [-0.2, -0.15) is 0 Å². The number of nitrogens with one attached hydrogen (secondary N) is 1. The maximum Gasteiger partial charge on any atom is 0.292 e. The summed E-state index contributed by atoms with van der Waals surface area (Å²) in [4.78, 5) is 16.2. The van der Waals surface area contributed by atoms with Gasteiger partial charge in [0.25, 0.3) is 5.91 Å². The highest BCUT2D eigenvalue weighted by molar-refractivity contribution is 9.10. The first-order chi connectivity index (χ1) is 10.6. The lowest BCUT2D eigenvalue weighted by Gasteiger charge is -2.02. The number of amides is 1. The number of pyridine rings is 1. The van der Waals surface area contributed by atoms with Crippen LogP contribution in [0.15, 0.2) is 63.6 Å². The SMILES string of the molecule is Cl.O=C(Nc1ccc(Br)cn1)c1ccc(-c2ccc(Cl)cc2)o1. The van der Waals surface area contributed by atoms with Crippen LogP contribution < -0.4 is 5.32 Å². The molecule has 3 aromatic rings. The lowest BCUT2D eigenvalue weighted by atomic mass is 10.2. The molecule has 1 aromatic carbocycles. The van der Waals surface area contributed by atoms with Crippen LogP contribution in [0.3, 0.4) is 0 Å². The summed E-state index contributed by atoms with van der Waals surface area (Å²) in [5, 5.41) is 3.32. The molecule has 0 fully saturated rings. The molecule has 0 aliphatic heterocycles. The first kappa shape index (κ1) is 17.5. The van der Waals surface area contributed by atoms with Gasteiger partial charge in [0.15, 0.2) is 5.76 Å². The lowest BCUT2D eigenvalue weighted by Crippen LogP contribution is -2.11. The number of aromatic nitrogens is 1. The van der Waals surface area contributed by atoms with Crippen LogP contribution in [0, 0.1) is 0 Å². The number of carbonyl (C=O) groups is 1. The average Bonchev–Trinajstić information content (AvgIpc) is 3.00. The van der Waals surface area contributed by atoms with E-state index in [1.165, 1.54) is 0 Å². The summed E-state index contributed by atoms with van der Waals surface area (Å²) in [7, 11) is 0. The van der Waals surface area contributed by atoms with Crippen LogP contribution >= 0.6 is 39.9 Å². The number of benzene rings is 1.